The van der Waals surface area contributed by atoms with Crippen LogP contribution in [0, 0.1) is 17.8 Å². The Morgan fingerprint density at radius 1 is 0.964 bits per heavy atom. The third-order valence-electron chi connectivity index (χ3n) is 7.72. The van der Waals surface area contributed by atoms with E-state index in [0.717, 1.165) is 19.4 Å². The third kappa shape index (κ3) is 3.94. The summed E-state index contributed by atoms with van der Waals surface area (Å²) in [5, 5.41) is 3.42. The Morgan fingerprint density at radius 2 is 1.61 bits per heavy atom. The molecular formula is C22H33Cl2N3O. The highest BCUT2D eigenvalue weighted by Gasteiger charge is 2.50. The molecule has 2 heterocycles. The molecule has 0 aromatic heterocycles. The summed E-state index contributed by atoms with van der Waals surface area (Å²) in [6.07, 6.45) is 8.38. The highest BCUT2D eigenvalue weighted by molar-refractivity contribution is 5.85. The molecule has 3 N–H and O–H groups in total. The lowest BCUT2D eigenvalue weighted by Gasteiger charge is -2.40. The Labute approximate surface area is 180 Å². The van der Waals surface area contributed by atoms with E-state index in [0.29, 0.717) is 30.0 Å². The highest BCUT2D eigenvalue weighted by Crippen LogP contribution is 2.48. The third-order valence-corrected chi connectivity index (χ3v) is 7.72. The molecule has 6 heteroatoms. The second-order valence-corrected chi connectivity index (χ2v) is 9.16. The van der Waals surface area contributed by atoms with Gasteiger partial charge in [0, 0.05) is 30.7 Å². The first kappa shape index (κ1) is 21.9. The smallest absolute Gasteiger partial charge is 0.225 e. The quantitative estimate of drug-likeness (QED) is 0.775. The van der Waals surface area contributed by atoms with Crippen LogP contribution in [0.25, 0.3) is 0 Å². The Bertz CT molecular complexity index is 657. The van der Waals surface area contributed by atoms with E-state index in [1.807, 2.05) is 0 Å². The molecule has 1 aromatic rings. The van der Waals surface area contributed by atoms with E-state index in [9.17, 15) is 4.79 Å². The average molecular weight is 426 g/mol. The highest BCUT2D eigenvalue weighted by atomic mass is 35.5. The van der Waals surface area contributed by atoms with Crippen molar-refractivity contribution in [1.82, 2.24) is 10.2 Å². The van der Waals surface area contributed by atoms with Gasteiger partial charge >= 0.3 is 0 Å². The van der Waals surface area contributed by atoms with Crippen LogP contribution in [0.15, 0.2) is 30.3 Å². The molecule has 4 nitrogen and oxygen atoms in total. The number of nitrogens with two attached hydrogens (primary N) is 1. The summed E-state index contributed by atoms with van der Waals surface area (Å²) in [5.74, 6) is 1.48. The molecule has 2 aliphatic heterocycles. The summed E-state index contributed by atoms with van der Waals surface area (Å²) in [5.41, 5.74) is 7.78. The fourth-order valence-corrected chi connectivity index (χ4v) is 6.47. The van der Waals surface area contributed by atoms with E-state index in [2.05, 4.69) is 40.5 Å². The number of rotatable bonds is 4. The van der Waals surface area contributed by atoms with Crippen molar-refractivity contribution in [3.05, 3.63) is 35.9 Å². The maximum atomic E-state index is 12.9. The summed E-state index contributed by atoms with van der Waals surface area (Å²) in [7, 11) is 0. The SMILES string of the molecule is Cl.Cl.NC1C2CCC(C2)C1C(=O)NC1CC2CCC(C1)N2Cc1ccccc1. The zero-order valence-corrected chi connectivity index (χ0v) is 18.0. The maximum Gasteiger partial charge on any atom is 0.225 e. The van der Waals surface area contributed by atoms with Crippen LogP contribution in [0.3, 0.4) is 0 Å². The van der Waals surface area contributed by atoms with Gasteiger partial charge in [-0.3, -0.25) is 9.69 Å². The summed E-state index contributed by atoms with van der Waals surface area (Å²) >= 11 is 0. The summed E-state index contributed by atoms with van der Waals surface area (Å²) in [6, 6.07) is 12.5. The van der Waals surface area contributed by atoms with E-state index >= 15 is 0 Å². The summed E-state index contributed by atoms with van der Waals surface area (Å²) in [6.45, 7) is 1.05. The predicted octanol–water partition coefficient (Wildman–Crippen LogP) is 3.52. The Hall–Kier alpha value is -0.810. The lowest BCUT2D eigenvalue weighted by Crippen LogP contribution is -2.53. The molecule has 4 aliphatic rings. The topological polar surface area (TPSA) is 58.4 Å². The molecule has 6 atom stereocenters. The molecule has 4 bridgehead atoms. The molecule has 1 aromatic carbocycles. The van der Waals surface area contributed by atoms with Gasteiger partial charge in [-0.15, -0.1) is 24.8 Å². The van der Waals surface area contributed by atoms with Gasteiger partial charge in [-0.1, -0.05) is 30.3 Å². The van der Waals surface area contributed by atoms with Crippen molar-refractivity contribution in [3.63, 3.8) is 0 Å². The first-order valence-corrected chi connectivity index (χ1v) is 10.5. The fourth-order valence-electron chi connectivity index (χ4n) is 6.47. The number of piperidine rings is 1. The van der Waals surface area contributed by atoms with Gasteiger partial charge in [0.25, 0.3) is 0 Å². The molecule has 0 spiro atoms. The predicted molar refractivity (Wildman–Crippen MR) is 117 cm³/mol. The number of hydrogen-bond donors (Lipinski definition) is 2. The van der Waals surface area contributed by atoms with Crippen molar-refractivity contribution in [2.24, 2.45) is 23.5 Å². The van der Waals surface area contributed by atoms with Crippen LogP contribution in [-0.4, -0.2) is 35.0 Å². The van der Waals surface area contributed by atoms with Crippen LogP contribution >= 0.6 is 24.8 Å². The lowest BCUT2D eigenvalue weighted by atomic mass is 9.84. The Balaban J connectivity index is 0.00000112. The largest absolute Gasteiger partial charge is 0.353 e. The molecule has 156 valence electrons. The molecular weight excluding hydrogens is 393 g/mol. The second-order valence-electron chi connectivity index (χ2n) is 9.16. The maximum absolute atomic E-state index is 12.9. The first-order chi connectivity index (χ1) is 12.7. The molecule has 5 rings (SSSR count). The average Bonchev–Trinajstić information content (AvgIpc) is 3.29. The number of carbonyl (C=O) groups excluding carboxylic acids is 1. The number of halogens is 2. The molecule has 2 aliphatic carbocycles. The van der Waals surface area contributed by atoms with Crippen molar-refractivity contribution >= 4 is 30.7 Å². The van der Waals surface area contributed by atoms with Gasteiger partial charge in [0.2, 0.25) is 5.91 Å². The minimum atomic E-state index is 0. The number of fused-ring (bicyclic) bond motifs is 4. The lowest BCUT2D eigenvalue weighted by molar-refractivity contribution is -0.128. The second kappa shape index (κ2) is 8.91. The molecule has 6 unspecified atom stereocenters. The molecule has 28 heavy (non-hydrogen) atoms. The van der Waals surface area contributed by atoms with Gasteiger partial charge < -0.3 is 11.1 Å². The molecule has 2 saturated carbocycles. The van der Waals surface area contributed by atoms with Crippen LogP contribution in [-0.2, 0) is 11.3 Å². The van der Waals surface area contributed by atoms with E-state index < -0.39 is 0 Å². The molecule has 4 fully saturated rings. The normalized spacial score (nSPS) is 38.5. The van der Waals surface area contributed by atoms with Crippen LogP contribution in [0.1, 0.15) is 50.5 Å². The van der Waals surface area contributed by atoms with Gasteiger partial charge in [0.1, 0.15) is 0 Å². The monoisotopic (exact) mass is 425 g/mol. The molecule has 0 radical (unpaired) electrons. The van der Waals surface area contributed by atoms with Crippen molar-refractivity contribution in [3.8, 4) is 0 Å². The van der Waals surface area contributed by atoms with E-state index in [1.54, 1.807) is 0 Å². The van der Waals surface area contributed by atoms with Crippen LogP contribution in [0.5, 0.6) is 0 Å². The zero-order chi connectivity index (χ0) is 17.7. The molecule has 1 amide bonds. The van der Waals surface area contributed by atoms with Crippen LogP contribution in [0.2, 0.25) is 0 Å². The fraction of sp³-hybridized carbons (Fsp3) is 0.682. The van der Waals surface area contributed by atoms with Gasteiger partial charge in [-0.2, -0.15) is 0 Å². The van der Waals surface area contributed by atoms with Crippen molar-refractivity contribution in [1.29, 1.82) is 0 Å². The van der Waals surface area contributed by atoms with Crippen molar-refractivity contribution < 1.29 is 4.79 Å². The van der Waals surface area contributed by atoms with Gasteiger partial charge in [-0.25, -0.2) is 0 Å². The number of benzene rings is 1. The minimum absolute atomic E-state index is 0. The zero-order valence-electron chi connectivity index (χ0n) is 16.3. The van der Waals surface area contributed by atoms with Crippen LogP contribution < -0.4 is 11.1 Å². The number of hydrogen-bond acceptors (Lipinski definition) is 3. The van der Waals surface area contributed by atoms with Gasteiger partial charge in [0.05, 0.1) is 5.92 Å². The number of nitrogens with zero attached hydrogens (tertiary/aromatic N) is 1. The molecule has 2 saturated heterocycles. The van der Waals surface area contributed by atoms with Gasteiger partial charge in [-0.05, 0) is 62.3 Å². The number of amides is 1. The van der Waals surface area contributed by atoms with Crippen molar-refractivity contribution in [2.75, 3.05) is 0 Å². The summed E-state index contributed by atoms with van der Waals surface area (Å²) < 4.78 is 0. The van der Waals surface area contributed by atoms with E-state index in [4.69, 9.17) is 5.73 Å². The van der Waals surface area contributed by atoms with E-state index in [1.165, 1.54) is 37.7 Å². The number of nitrogens with one attached hydrogen (secondary N) is 1. The van der Waals surface area contributed by atoms with Gasteiger partial charge in [0.15, 0.2) is 0 Å². The van der Waals surface area contributed by atoms with Crippen molar-refractivity contribution in [2.45, 2.75) is 75.7 Å². The standard InChI is InChI=1S/C22H31N3O.2ClH/c23-21-16-7-6-15(10-16)20(21)22(26)24-17-11-18-8-9-19(12-17)25(18)13-14-4-2-1-3-5-14;;/h1-5,15-21H,6-13,23H2,(H,24,26);2*1H. The Morgan fingerprint density at radius 3 is 2.21 bits per heavy atom. The number of carbonyl (C=O) groups is 1. The minimum Gasteiger partial charge on any atom is -0.353 e. The first-order valence-electron chi connectivity index (χ1n) is 10.5. The van der Waals surface area contributed by atoms with E-state index in [-0.39, 0.29) is 42.7 Å². The Kier molecular flexibility index (Phi) is 6.96. The summed E-state index contributed by atoms with van der Waals surface area (Å²) in [4.78, 5) is 15.6. The van der Waals surface area contributed by atoms with Crippen LogP contribution in [0.4, 0.5) is 0 Å².